The van der Waals surface area contributed by atoms with Gasteiger partial charge in [0.25, 0.3) is 0 Å². The lowest BCUT2D eigenvalue weighted by molar-refractivity contribution is 0.171. The molecule has 1 aliphatic heterocycles. The van der Waals surface area contributed by atoms with E-state index in [0.717, 1.165) is 40.7 Å². The Hall–Kier alpha value is -1.98. The molecule has 0 fully saturated rings. The van der Waals surface area contributed by atoms with Gasteiger partial charge in [0, 0.05) is 17.3 Å². The van der Waals surface area contributed by atoms with E-state index in [1.165, 1.54) is 5.56 Å². The fraction of sp³-hybridized carbons (Fsp3) is 0.278. The van der Waals surface area contributed by atoms with Crippen LogP contribution < -0.4 is 20.1 Å². The molecule has 4 nitrogen and oxygen atoms in total. The standard InChI is InChI=1S/C18H19ClN2O2S/c1-12-2-4-14(11-15(12)19)21-18(24)20-7-6-13-3-5-16-17(10-13)23-9-8-22-16/h2-5,10-11H,6-9H2,1H3,(H2,20,21,24). The van der Waals surface area contributed by atoms with Crippen molar-refractivity contribution in [3.8, 4) is 11.5 Å². The summed E-state index contributed by atoms with van der Waals surface area (Å²) in [6.45, 7) is 3.90. The molecule has 0 spiro atoms. The minimum atomic E-state index is 0.576. The maximum Gasteiger partial charge on any atom is 0.170 e. The van der Waals surface area contributed by atoms with E-state index in [0.29, 0.717) is 18.3 Å². The SMILES string of the molecule is Cc1ccc(NC(=S)NCCc2ccc3c(c2)OCCO3)cc1Cl. The molecule has 1 heterocycles. The van der Waals surface area contributed by atoms with Crippen LogP contribution in [0.25, 0.3) is 0 Å². The molecule has 24 heavy (non-hydrogen) atoms. The van der Waals surface area contributed by atoms with Crippen LogP contribution in [0.2, 0.25) is 5.02 Å². The Morgan fingerprint density at radius 2 is 1.92 bits per heavy atom. The highest BCUT2D eigenvalue weighted by Crippen LogP contribution is 2.30. The average Bonchev–Trinajstić information content (AvgIpc) is 2.58. The first-order valence-electron chi connectivity index (χ1n) is 7.81. The van der Waals surface area contributed by atoms with E-state index < -0.39 is 0 Å². The molecular formula is C18H19ClN2O2S. The van der Waals surface area contributed by atoms with Gasteiger partial charge in [-0.2, -0.15) is 0 Å². The quantitative estimate of drug-likeness (QED) is 0.806. The molecule has 0 amide bonds. The van der Waals surface area contributed by atoms with Crippen molar-refractivity contribution in [2.24, 2.45) is 0 Å². The van der Waals surface area contributed by atoms with E-state index in [-0.39, 0.29) is 0 Å². The van der Waals surface area contributed by atoms with Crippen molar-refractivity contribution >= 4 is 34.6 Å². The van der Waals surface area contributed by atoms with Crippen molar-refractivity contribution in [1.82, 2.24) is 5.32 Å². The molecule has 0 atom stereocenters. The third kappa shape index (κ3) is 4.30. The second-order valence-electron chi connectivity index (χ2n) is 5.57. The summed E-state index contributed by atoms with van der Waals surface area (Å²) in [5.41, 5.74) is 3.09. The maximum atomic E-state index is 6.11. The number of hydrogen-bond donors (Lipinski definition) is 2. The highest BCUT2D eigenvalue weighted by atomic mass is 35.5. The molecule has 0 aromatic heterocycles. The molecule has 6 heteroatoms. The van der Waals surface area contributed by atoms with Gasteiger partial charge in [-0.25, -0.2) is 0 Å². The minimum Gasteiger partial charge on any atom is -0.486 e. The van der Waals surface area contributed by atoms with Gasteiger partial charge in [0.15, 0.2) is 16.6 Å². The largest absolute Gasteiger partial charge is 0.486 e. The summed E-state index contributed by atoms with van der Waals surface area (Å²) in [7, 11) is 0. The van der Waals surface area contributed by atoms with Crippen molar-refractivity contribution in [2.45, 2.75) is 13.3 Å². The summed E-state index contributed by atoms with van der Waals surface area (Å²) < 4.78 is 11.1. The molecule has 0 aliphatic carbocycles. The monoisotopic (exact) mass is 362 g/mol. The lowest BCUT2D eigenvalue weighted by Crippen LogP contribution is -2.30. The van der Waals surface area contributed by atoms with Crippen LogP contribution in [0.3, 0.4) is 0 Å². The third-order valence-electron chi connectivity index (χ3n) is 3.74. The molecule has 1 aliphatic rings. The van der Waals surface area contributed by atoms with Crippen molar-refractivity contribution in [3.05, 3.63) is 52.5 Å². The van der Waals surface area contributed by atoms with Crippen molar-refractivity contribution in [2.75, 3.05) is 25.1 Å². The van der Waals surface area contributed by atoms with Gasteiger partial charge in [-0.1, -0.05) is 23.7 Å². The van der Waals surface area contributed by atoms with Gasteiger partial charge in [0.2, 0.25) is 0 Å². The molecule has 0 unspecified atom stereocenters. The normalized spacial score (nSPS) is 12.6. The first-order valence-corrected chi connectivity index (χ1v) is 8.60. The number of fused-ring (bicyclic) bond motifs is 1. The summed E-state index contributed by atoms with van der Waals surface area (Å²) in [5.74, 6) is 1.63. The summed E-state index contributed by atoms with van der Waals surface area (Å²) in [6.07, 6.45) is 0.840. The predicted octanol–water partition coefficient (Wildman–Crippen LogP) is 3.95. The third-order valence-corrected chi connectivity index (χ3v) is 4.39. The Kier molecular flexibility index (Phi) is 5.43. The fourth-order valence-electron chi connectivity index (χ4n) is 2.41. The molecule has 0 bridgehead atoms. The summed E-state index contributed by atoms with van der Waals surface area (Å²) in [5, 5.41) is 7.63. The highest BCUT2D eigenvalue weighted by Gasteiger charge is 2.11. The average molecular weight is 363 g/mol. The Bertz CT molecular complexity index is 752. The zero-order chi connectivity index (χ0) is 16.9. The van der Waals surface area contributed by atoms with Crippen LogP contribution >= 0.6 is 23.8 Å². The minimum absolute atomic E-state index is 0.576. The molecule has 2 aromatic rings. The highest BCUT2D eigenvalue weighted by molar-refractivity contribution is 7.80. The fourth-order valence-corrected chi connectivity index (χ4v) is 2.81. The maximum absolute atomic E-state index is 6.11. The molecule has 0 saturated carbocycles. The number of rotatable bonds is 4. The van der Waals surface area contributed by atoms with Crippen LogP contribution in [0, 0.1) is 6.92 Å². The molecule has 0 radical (unpaired) electrons. The predicted molar refractivity (Wildman–Crippen MR) is 102 cm³/mol. The van der Waals surface area contributed by atoms with Gasteiger partial charge < -0.3 is 20.1 Å². The van der Waals surface area contributed by atoms with Crippen LogP contribution in [-0.2, 0) is 6.42 Å². The molecule has 3 rings (SSSR count). The topological polar surface area (TPSA) is 42.5 Å². The number of anilines is 1. The van der Waals surface area contributed by atoms with Gasteiger partial charge in [0.1, 0.15) is 13.2 Å². The summed E-state index contributed by atoms with van der Waals surface area (Å²) >= 11 is 11.4. The van der Waals surface area contributed by atoms with E-state index in [2.05, 4.69) is 10.6 Å². The summed E-state index contributed by atoms with van der Waals surface area (Å²) in [4.78, 5) is 0. The zero-order valence-corrected chi connectivity index (χ0v) is 15.0. The van der Waals surface area contributed by atoms with E-state index in [1.807, 2.05) is 43.3 Å². The number of halogens is 1. The first kappa shape index (κ1) is 16.9. The molecule has 126 valence electrons. The summed E-state index contributed by atoms with van der Waals surface area (Å²) in [6, 6.07) is 11.8. The smallest absolute Gasteiger partial charge is 0.170 e. The second kappa shape index (κ2) is 7.73. The lowest BCUT2D eigenvalue weighted by atomic mass is 10.1. The Balaban J connectivity index is 1.49. The molecule has 0 saturated heterocycles. The van der Waals surface area contributed by atoms with Crippen molar-refractivity contribution in [1.29, 1.82) is 0 Å². The van der Waals surface area contributed by atoms with E-state index in [9.17, 15) is 0 Å². The Morgan fingerprint density at radius 3 is 2.71 bits per heavy atom. The Morgan fingerprint density at radius 1 is 1.12 bits per heavy atom. The zero-order valence-electron chi connectivity index (χ0n) is 13.4. The van der Waals surface area contributed by atoms with Crippen molar-refractivity contribution < 1.29 is 9.47 Å². The van der Waals surface area contributed by atoms with Gasteiger partial charge in [-0.05, 0) is 61.0 Å². The van der Waals surface area contributed by atoms with Gasteiger partial charge >= 0.3 is 0 Å². The Labute approximate surface area is 152 Å². The molecular weight excluding hydrogens is 344 g/mol. The van der Waals surface area contributed by atoms with Crippen LogP contribution in [0.5, 0.6) is 11.5 Å². The van der Waals surface area contributed by atoms with Crippen LogP contribution in [-0.4, -0.2) is 24.9 Å². The number of aryl methyl sites for hydroxylation is 1. The number of thiocarbonyl (C=S) groups is 1. The van der Waals surface area contributed by atoms with Crippen LogP contribution in [0.1, 0.15) is 11.1 Å². The van der Waals surface area contributed by atoms with Crippen LogP contribution in [0.4, 0.5) is 5.69 Å². The van der Waals surface area contributed by atoms with E-state index in [4.69, 9.17) is 33.3 Å². The van der Waals surface area contributed by atoms with Gasteiger partial charge in [-0.15, -0.1) is 0 Å². The van der Waals surface area contributed by atoms with Gasteiger partial charge in [0.05, 0.1) is 0 Å². The number of hydrogen-bond acceptors (Lipinski definition) is 3. The first-order chi connectivity index (χ1) is 11.6. The van der Waals surface area contributed by atoms with Crippen molar-refractivity contribution in [3.63, 3.8) is 0 Å². The second-order valence-corrected chi connectivity index (χ2v) is 6.39. The molecule has 2 aromatic carbocycles. The van der Waals surface area contributed by atoms with Gasteiger partial charge in [-0.3, -0.25) is 0 Å². The van der Waals surface area contributed by atoms with E-state index in [1.54, 1.807) is 0 Å². The molecule has 2 N–H and O–H groups in total. The van der Waals surface area contributed by atoms with E-state index >= 15 is 0 Å². The number of nitrogens with one attached hydrogen (secondary N) is 2. The number of ether oxygens (including phenoxy) is 2. The lowest BCUT2D eigenvalue weighted by Gasteiger charge is -2.19. The number of benzene rings is 2. The van der Waals surface area contributed by atoms with Crippen LogP contribution in [0.15, 0.2) is 36.4 Å².